The highest BCUT2D eigenvalue weighted by molar-refractivity contribution is 6.18. The van der Waals surface area contributed by atoms with Crippen LogP contribution in [0.25, 0.3) is 0 Å². The van der Waals surface area contributed by atoms with Crippen molar-refractivity contribution in [1.29, 1.82) is 0 Å². The van der Waals surface area contributed by atoms with E-state index in [2.05, 4.69) is 17.9 Å². The molecule has 3 heteroatoms. The minimum atomic E-state index is -0.154. The smallest absolute Gasteiger partial charge is 0.0693 e. The van der Waals surface area contributed by atoms with Gasteiger partial charge in [-0.3, -0.25) is 4.90 Å². The average Bonchev–Trinajstić information content (AvgIpc) is 2.12. The van der Waals surface area contributed by atoms with Crippen LogP contribution < -0.4 is 0 Å². The van der Waals surface area contributed by atoms with Crippen LogP contribution in [0.4, 0.5) is 0 Å². The number of aliphatic hydroxyl groups excluding tert-OH is 1. The molecule has 1 saturated heterocycles. The van der Waals surface area contributed by atoms with Crippen molar-refractivity contribution in [1.82, 2.24) is 4.90 Å². The van der Waals surface area contributed by atoms with Gasteiger partial charge in [0.15, 0.2) is 0 Å². The molecule has 0 aliphatic carbocycles. The Hall–Kier alpha value is -0.0500. The van der Waals surface area contributed by atoms with E-state index in [0.717, 1.165) is 26.1 Å². The fourth-order valence-electron chi connectivity index (χ4n) is 1.57. The molecule has 1 N–H and O–H groups in total. The first-order valence-electron chi connectivity index (χ1n) is 4.85. The third-order valence-corrected chi connectivity index (χ3v) is 2.80. The first-order chi connectivity index (χ1) is 6.24. The van der Waals surface area contributed by atoms with E-state index in [1.807, 2.05) is 6.08 Å². The zero-order chi connectivity index (χ0) is 9.68. The summed E-state index contributed by atoms with van der Waals surface area (Å²) in [4.78, 5) is 2.26. The minimum absolute atomic E-state index is 0.154. The number of allylic oxidation sites excluding steroid dienone is 1. The van der Waals surface area contributed by atoms with Crippen molar-refractivity contribution >= 4 is 11.6 Å². The second kappa shape index (κ2) is 5.63. The van der Waals surface area contributed by atoms with Crippen LogP contribution in [0.5, 0.6) is 0 Å². The average molecular weight is 204 g/mol. The normalized spacial score (nSPS) is 31.3. The van der Waals surface area contributed by atoms with Crippen molar-refractivity contribution in [3.8, 4) is 0 Å². The molecule has 0 aromatic carbocycles. The standard InChI is InChI=1S/C10H18ClNO/c1-9-4-7-12(8-10(9)13)6-3-2-5-11/h2-3,9-10,13H,4-8H2,1H3/b3-2+. The maximum atomic E-state index is 9.61. The lowest BCUT2D eigenvalue weighted by Gasteiger charge is -2.33. The molecule has 2 unspecified atom stereocenters. The van der Waals surface area contributed by atoms with Gasteiger partial charge in [0.1, 0.15) is 0 Å². The summed E-state index contributed by atoms with van der Waals surface area (Å²) in [5, 5.41) is 9.61. The Morgan fingerprint density at radius 2 is 2.31 bits per heavy atom. The summed E-state index contributed by atoms with van der Waals surface area (Å²) in [6, 6.07) is 0. The summed E-state index contributed by atoms with van der Waals surface area (Å²) in [6.07, 6.45) is 4.95. The number of nitrogens with zero attached hydrogens (tertiary/aromatic N) is 1. The number of hydrogen-bond acceptors (Lipinski definition) is 2. The molecule has 76 valence electrons. The molecule has 0 spiro atoms. The number of hydrogen-bond donors (Lipinski definition) is 1. The summed E-state index contributed by atoms with van der Waals surface area (Å²) in [6.45, 7) is 4.91. The molecular weight excluding hydrogens is 186 g/mol. The molecule has 1 aliphatic rings. The highest BCUT2D eigenvalue weighted by Crippen LogP contribution is 2.16. The maximum Gasteiger partial charge on any atom is 0.0693 e. The van der Waals surface area contributed by atoms with Crippen LogP contribution in [0.2, 0.25) is 0 Å². The second-order valence-electron chi connectivity index (χ2n) is 3.72. The number of likely N-dealkylation sites (tertiary alicyclic amines) is 1. The predicted molar refractivity (Wildman–Crippen MR) is 56.1 cm³/mol. The first-order valence-corrected chi connectivity index (χ1v) is 5.39. The van der Waals surface area contributed by atoms with E-state index in [-0.39, 0.29) is 6.10 Å². The van der Waals surface area contributed by atoms with Gasteiger partial charge in [-0.05, 0) is 18.9 Å². The number of aliphatic hydroxyl groups is 1. The molecule has 2 nitrogen and oxygen atoms in total. The fourth-order valence-corrected chi connectivity index (χ4v) is 1.69. The van der Waals surface area contributed by atoms with Crippen molar-refractivity contribution in [3.63, 3.8) is 0 Å². The van der Waals surface area contributed by atoms with Gasteiger partial charge in [-0.15, -0.1) is 11.6 Å². The molecule has 2 atom stereocenters. The molecule has 0 radical (unpaired) electrons. The summed E-state index contributed by atoms with van der Waals surface area (Å²) >= 11 is 5.52. The van der Waals surface area contributed by atoms with E-state index in [1.54, 1.807) is 0 Å². The molecule has 0 saturated carbocycles. The van der Waals surface area contributed by atoms with Gasteiger partial charge >= 0.3 is 0 Å². The largest absolute Gasteiger partial charge is 0.392 e. The molecule has 1 fully saturated rings. The van der Waals surface area contributed by atoms with Crippen molar-refractivity contribution < 1.29 is 5.11 Å². The van der Waals surface area contributed by atoms with Crippen molar-refractivity contribution in [3.05, 3.63) is 12.2 Å². The summed E-state index contributed by atoms with van der Waals surface area (Å²) < 4.78 is 0. The fraction of sp³-hybridized carbons (Fsp3) is 0.800. The Bertz CT molecular complexity index is 172. The van der Waals surface area contributed by atoms with Crippen LogP contribution in [0.3, 0.4) is 0 Å². The number of halogens is 1. The monoisotopic (exact) mass is 203 g/mol. The summed E-state index contributed by atoms with van der Waals surface area (Å²) in [5.41, 5.74) is 0. The third-order valence-electron chi connectivity index (χ3n) is 2.62. The van der Waals surface area contributed by atoms with E-state index < -0.39 is 0 Å². The molecule has 0 amide bonds. The summed E-state index contributed by atoms with van der Waals surface area (Å²) in [5.74, 6) is 1.03. The Kier molecular flexibility index (Phi) is 4.78. The number of β-amino-alcohol motifs (C(OH)–C–C–N with tert-alkyl or cyclic N) is 1. The van der Waals surface area contributed by atoms with E-state index in [9.17, 15) is 5.11 Å². The molecule has 1 rings (SSSR count). The predicted octanol–water partition coefficient (Wildman–Crippen LogP) is 1.48. The number of piperidine rings is 1. The van der Waals surface area contributed by atoms with Gasteiger partial charge in [0.25, 0.3) is 0 Å². The zero-order valence-corrected chi connectivity index (χ0v) is 8.87. The van der Waals surface area contributed by atoms with Gasteiger partial charge in [0, 0.05) is 19.0 Å². The van der Waals surface area contributed by atoms with Crippen LogP contribution in [0.1, 0.15) is 13.3 Å². The van der Waals surface area contributed by atoms with Gasteiger partial charge in [0.05, 0.1) is 6.10 Å². The van der Waals surface area contributed by atoms with Crippen LogP contribution in [-0.4, -0.2) is 41.6 Å². The molecule has 0 aromatic rings. The van der Waals surface area contributed by atoms with E-state index in [1.165, 1.54) is 0 Å². The van der Waals surface area contributed by atoms with Crippen LogP contribution >= 0.6 is 11.6 Å². The molecule has 0 bridgehead atoms. The van der Waals surface area contributed by atoms with Crippen LogP contribution in [0, 0.1) is 5.92 Å². The second-order valence-corrected chi connectivity index (χ2v) is 4.03. The maximum absolute atomic E-state index is 9.61. The van der Waals surface area contributed by atoms with E-state index >= 15 is 0 Å². The Morgan fingerprint density at radius 1 is 1.54 bits per heavy atom. The Labute approximate surface area is 85.2 Å². The van der Waals surface area contributed by atoms with Gasteiger partial charge in [0.2, 0.25) is 0 Å². The quantitative estimate of drug-likeness (QED) is 0.555. The van der Waals surface area contributed by atoms with Crippen molar-refractivity contribution in [2.75, 3.05) is 25.5 Å². The lowest BCUT2D eigenvalue weighted by atomic mass is 9.96. The summed E-state index contributed by atoms with van der Waals surface area (Å²) in [7, 11) is 0. The lowest BCUT2D eigenvalue weighted by molar-refractivity contribution is 0.0342. The molecule has 1 heterocycles. The number of rotatable bonds is 3. The third kappa shape index (κ3) is 3.67. The Balaban J connectivity index is 2.25. The molecular formula is C10H18ClNO. The van der Waals surface area contributed by atoms with Crippen LogP contribution in [0.15, 0.2) is 12.2 Å². The van der Waals surface area contributed by atoms with Gasteiger partial charge in [-0.25, -0.2) is 0 Å². The van der Waals surface area contributed by atoms with Gasteiger partial charge in [-0.1, -0.05) is 19.1 Å². The molecule has 0 aromatic heterocycles. The first kappa shape index (κ1) is 11.0. The minimum Gasteiger partial charge on any atom is -0.392 e. The van der Waals surface area contributed by atoms with Crippen LogP contribution in [-0.2, 0) is 0 Å². The highest BCUT2D eigenvalue weighted by atomic mass is 35.5. The van der Waals surface area contributed by atoms with E-state index in [4.69, 9.17) is 11.6 Å². The van der Waals surface area contributed by atoms with Gasteiger partial charge in [-0.2, -0.15) is 0 Å². The molecule has 13 heavy (non-hydrogen) atoms. The topological polar surface area (TPSA) is 23.5 Å². The lowest BCUT2D eigenvalue weighted by Crippen LogP contribution is -2.42. The zero-order valence-electron chi connectivity index (χ0n) is 8.12. The SMILES string of the molecule is CC1CCN(C/C=C/CCl)CC1O. The van der Waals surface area contributed by atoms with Crippen molar-refractivity contribution in [2.45, 2.75) is 19.4 Å². The number of alkyl halides is 1. The van der Waals surface area contributed by atoms with E-state index in [0.29, 0.717) is 11.8 Å². The molecule has 1 aliphatic heterocycles. The van der Waals surface area contributed by atoms with Crippen molar-refractivity contribution in [2.24, 2.45) is 5.92 Å². The van der Waals surface area contributed by atoms with Gasteiger partial charge < -0.3 is 5.11 Å². The Morgan fingerprint density at radius 3 is 2.92 bits per heavy atom. The highest BCUT2D eigenvalue weighted by Gasteiger charge is 2.22.